The SMILES string of the molecule is Cc1ccc(C(NC(=O)CCCN2C(=O)CN(C)C2=O)c2ccccc2)cc1. The summed E-state index contributed by atoms with van der Waals surface area (Å²) in [5.41, 5.74) is 3.18. The zero-order chi connectivity index (χ0) is 20.1. The lowest BCUT2D eigenvalue weighted by Gasteiger charge is -2.20. The maximum absolute atomic E-state index is 12.6. The van der Waals surface area contributed by atoms with Crippen LogP contribution in [0.3, 0.4) is 0 Å². The van der Waals surface area contributed by atoms with Gasteiger partial charge < -0.3 is 10.2 Å². The van der Waals surface area contributed by atoms with Crippen LogP contribution in [0.15, 0.2) is 54.6 Å². The number of urea groups is 1. The summed E-state index contributed by atoms with van der Waals surface area (Å²) in [6, 6.07) is 17.4. The summed E-state index contributed by atoms with van der Waals surface area (Å²) in [6.45, 7) is 2.39. The Balaban J connectivity index is 1.62. The second kappa shape index (κ2) is 8.69. The Labute approximate surface area is 165 Å². The molecule has 3 rings (SSSR count). The average Bonchev–Trinajstić information content (AvgIpc) is 2.93. The topological polar surface area (TPSA) is 69.7 Å². The quantitative estimate of drug-likeness (QED) is 0.752. The van der Waals surface area contributed by atoms with Gasteiger partial charge in [-0.3, -0.25) is 14.5 Å². The summed E-state index contributed by atoms with van der Waals surface area (Å²) in [5, 5.41) is 3.09. The van der Waals surface area contributed by atoms with E-state index in [9.17, 15) is 14.4 Å². The molecule has 146 valence electrons. The summed E-state index contributed by atoms with van der Waals surface area (Å²) < 4.78 is 0. The lowest BCUT2D eigenvalue weighted by atomic mass is 9.97. The summed E-state index contributed by atoms with van der Waals surface area (Å²) in [7, 11) is 1.60. The molecule has 0 aliphatic carbocycles. The van der Waals surface area contributed by atoms with Crippen molar-refractivity contribution < 1.29 is 14.4 Å². The summed E-state index contributed by atoms with van der Waals surface area (Å²) in [5.74, 6) is -0.323. The standard InChI is InChI=1S/C22H25N3O3/c1-16-10-12-18(13-11-16)21(17-7-4-3-5-8-17)23-19(26)9-6-14-25-20(27)15-24(2)22(25)28/h3-5,7-8,10-13,21H,6,9,14-15H2,1-2H3,(H,23,26). The normalized spacial score (nSPS) is 15.1. The van der Waals surface area contributed by atoms with Gasteiger partial charge in [0.15, 0.2) is 0 Å². The van der Waals surface area contributed by atoms with Gasteiger partial charge in [-0.15, -0.1) is 0 Å². The predicted octanol–water partition coefficient (Wildman–Crippen LogP) is 2.87. The third kappa shape index (κ3) is 4.57. The van der Waals surface area contributed by atoms with Crippen LogP contribution in [0.2, 0.25) is 0 Å². The van der Waals surface area contributed by atoms with Gasteiger partial charge in [0.2, 0.25) is 11.8 Å². The molecule has 1 aliphatic rings. The number of benzene rings is 2. The minimum atomic E-state index is -0.299. The van der Waals surface area contributed by atoms with E-state index in [0.29, 0.717) is 6.42 Å². The van der Waals surface area contributed by atoms with E-state index in [1.165, 1.54) is 9.80 Å². The van der Waals surface area contributed by atoms with Gasteiger partial charge in [0.1, 0.15) is 6.54 Å². The summed E-state index contributed by atoms with van der Waals surface area (Å²) >= 11 is 0. The number of nitrogens with one attached hydrogen (secondary N) is 1. The van der Waals surface area contributed by atoms with Crippen molar-refractivity contribution in [2.45, 2.75) is 25.8 Å². The van der Waals surface area contributed by atoms with E-state index in [1.54, 1.807) is 7.05 Å². The first-order chi connectivity index (χ1) is 13.5. The average molecular weight is 379 g/mol. The molecule has 28 heavy (non-hydrogen) atoms. The number of hydrogen-bond acceptors (Lipinski definition) is 3. The molecule has 0 aromatic heterocycles. The molecule has 0 radical (unpaired) electrons. The zero-order valence-electron chi connectivity index (χ0n) is 16.2. The van der Waals surface area contributed by atoms with Crippen LogP contribution in [0.4, 0.5) is 4.79 Å². The second-order valence-corrected chi connectivity index (χ2v) is 7.11. The molecule has 1 unspecified atom stereocenters. The highest BCUT2D eigenvalue weighted by atomic mass is 16.2. The van der Waals surface area contributed by atoms with Crippen LogP contribution in [0.1, 0.15) is 35.6 Å². The van der Waals surface area contributed by atoms with Crippen molar-refractivity contribution in [1.29, 1.82) is 0 Å². The molecule has 0 spiro atoms. The van der Waals surface area contributed by atoms with E-state index in [4.69, 9.17) is 0 Å². The number of rotatable bonds is 7. The van der Waals surface area contributed by atoms with Gasteiger partial charge in [-0.05, 0) is 24.5 Å². The maximum atomic E-state index is 12.6. The Hall–Kier alpha value is -3.15. The van der Waals surface area contributed by atoms with Gasteiger partial charge in [0.05, 0.1) is 6.04 Å². The van der Waals surface area contributed by atoms with Crippen molar-refractivity contribution in [2.24, 2.45) is 0 Å². The van der Waals surface area contributed by atoms with E-state index in [-0.39, 0.29) is 43.4 Å². The Morgan fingerprint density at radius 1 is 1.04 bits per heavy atom. The molecule has 6 nitrogen and oxygen atoms in total. The first-order valence-corrected chi connectivity index (χ1v) is 9.42. The molecule has 2 aromatic carbocycles. The van der Waals surface area contributed by atoms with Crippen molar-refractivity contribution in [3.05, 3.63) is 71.3 Å². The largest absolute Gasteiger partial charge is 0.345 e. The highest BCUT2D eigenvalue weighted by molar-refractivity contribution is 6.01. The van der Waals surface area contributed by atoms with Crippen LogP contribution in [-0.4, -0.2) is 47.8 Å². The Kier molecular flexibility index (Phi) is 6.09. The second-order valence-electron chi connectivity index (χ2n) is 7.11. The van der Waals surface area contributed by atoms with Gasteiger partial charge in [0, 0.05) is 20.0 Å². The van der Waals surface area contributed by atoms with Gasteiger partial charge in [0.25, 0.3) is 0 Å². The molecule has 1 atom stereocenters. The van der Waals surface area contributed by atoms with Gasteiger partial charge in [-0.2, -0.15) is 0 Å². The fourth-order valence-electron chi connectivity index (χ4n) is 3.28. The van der Waals surface area contributed by atoms with Crippen LogP contribution >= 0.6 is 0 Å². The maximum Gasteiger partial charge on any atom is 0.326 e. The predicted molar refractivity (Wildman–Crippen MR) is 107 cm³/mol. The van der Waals surface area contributed by atoms with E-state index in [0.717, 1.165) is 16.7 Å². The minimum Gasteiger partial charge on any atom is -0.345 e. The molecule has 1 fully saturated rings. The van der Waals surface area contributed by atoms with Gasteiger partial charge in [-0.25, -0.2) is 4.79 Å². The molecule has 1 N–H and O–H groups in total. The van der Waals surface area contributed by atoms with Crippen LogP contribution < -0.4 is 5.32 Å². The molecule has 6 heteroatoms. The monoisotopic (exact) mass is 379 g/mol. The molecular weight excluding hydrogens is 354 g/mol. The highest BCUT2D eigenvalue weighted by Gasteiger charge is 2.32. The molecule has 4 amide bonds. The number of amides is 4. The lowest BCUT2D eigenvalue weighted by Crippen LogP contribution is -2.34. The first-order valence-electron chi connectivity index (χ1n) is 9.42. The van der Waals surface area contributed by atoms with Crippen molar-refractivity contribution in [3.8, 4) is 0 Å². The summed E-state index contributed by atoms with van der Waals surface area (Å²) in [4.78, 5) is 38.9. The third-order valence-electron chi connectivity index (χ3n) is 4.87. The van der Waals surface area contributed by atoms with Crippen LogP contribution in [0.25, 0.3) is 0 Å². The summed E-state index contributed by atoms with van der Waals surface area (Å²) in [6.07, 6.45) is 0.683. The van der Waals surface area contributed by atoms with Crippen molar-refractivity contribution in [2.75, 3.05) is 20.1 Å². The Morgan fingerprint density at radius 2 is 1.68 bits per heavy atom. The third-order valence-corrected chi connectivity index (χ3v) is 4.87. The number of carbonyl (C=O) groups excluding carboxylic acids is 3. The zero-order valence-corrected chi connectivity index (χ0v) is 16.2. The van der Waals surface area contributed by atoms with Gasteiger partial charge in [-0.1, -0.05) is 60.2 Å². The molecule has 0 bridgehead atoms. The number of imide groups is 1. The van der Waals surface area contributed by atoms with Crippen molar-refractivity contribution in [1.82, 2.24) is 15.1 Å². The van der Waals surface area contributed by atoms with E-state index < -0.39 is 0 Å². The number of hydrogen-bond donors (Lipinski definition) is 1. The molecular formula is C22H25N3O3. The molecule has 1 heterocycles. The van der Waals surface area contributed by atoms with E-state index >= 15 is 0 Å². The minimum absolute atomic E-state index is 0.106. The van der Waals surface area contributed by atoms with Crippen LogP contribution in [-0.2, 0) is 9.59 Å². The fourth-order valence-corrected chi connectivity index (χ4v) is 3.28. The number of nitrogens with zero attached hydrogens (tertiary/aromatic N) is 2. The lowest BCUT2D eigenvalue weighted by molar-refractivity contribution is -0.126. The van der Waals surface area contributed by atoms with Crippen molar-refractivity contribution >= 4 is 17.8 Å². The smallest absolute Gasteiger partial charge is 0.326 e. The van der Waals surface area contributed by atoms with Crippen molar-refractivity contribution in [3.63, 3.8) is 0 Å². The van der Waals surface area contributed by atoms with E-state index in [1.807, 2.05) is 61.5 Å². The van der Waals surface area contributed by atoms with Crippen LogP contribution in [0.5, 0.6) is 0 Å². The highest BCUT2D eigenvalue weighted by Crippen LogP contribution is 2.22. The Morgan fingerprint density at radius 3 is 2.29 bits per heavy atom. The first kappa shape index (κ1) is 19.6. The van der Waals surface area contributed by atoms with Crippen LogP contribution in [0, 0.1) is 6.92 Å². The Bertz CT molecular complexity index is 849. The number of carbonyl (C=O) groups is 3. The molecule has 2 aromatic rings. The molecule has 0 saturated carbocycles. The number of aryl methyl sites for hydroxylation is 1. The fraction of sp³-hybridized carbons (Fsp3) is 0.318. The molecule has 1 saturated heterocycles. The molecule has 1 aliphatic heterocycles. The van der Waals surface area contributed by atoms with E-state index in [2.05, 4.69) is 5.32 Å². The number of likely N-dealkylation sites (N-methyl/N-ethyl adjacent to an activating group) is 1. The van der Waals surface area contributed by atoms with Gasteiger partial charge >= 0.3 is 6.03 Å².